The number of aromatic amines is 1. The summed E-state index contributed by atoms with van der Waals surface area (Å²) in [5.41, 5.74) is 4.16. The molecule has 2 aromatic heterocycles. The Morgan fingerprint density at radius 3 is 2.65 bits per heavy atom. The first-order valence-corrected chi connectivity index (χ1v) is 10.9. The van der Waals surface area contributed by atoms with Crippen molar-refractivity contribution < 1.29 is 9.82 Å². The fourth-order valence-corrected chi connectivity index (χ4v) is 4.83. The largest absolute Gasteiger partial charge is 0.437 e. The molecule has 5 rings (SSSR count). The van der Waals surface area contributed by atoms with Gasteiger partial charge in [0.25, 0.3) is 0 Å². The van der Waals surface area contributed by atoms with Gasteiger partial charge in [0.15, 0.2) is 5.65 Å². The smallest absolute Gasteiger partial charge is 0.376 e. The molecule has 4 heterocycles. The van der Waals surface area contributed by atoms with Gasteiger partial charge in [-0.05, 0) is 29.9 Å². The second-order valence-corrected chi connectivity index (χ2v) is 8.42. The van der Waals surface area contributed by atoms with E-state index in [1.54, 1.807) is 6.82 Å². The van der Waals surface area contributed by atoms with Crippen LogP contribution in [0.1, 0.15) is 22.7 Å². The average molecular weight is 418 g/mol. The van der Waals surface area contributed by atoms with Gasteiger partial charge in [0.05, 0.1) is 6.20 Å². The number of fused-ring (bicyclic) bond motifs is 3. The van der Waals surface area contributed by atoms with E-state index in [1.165, 1.54) is 5.56 Å². The van der Waals surface area contributed by atoms with E-state index in [1.807, 2.05) is 52.4 Å². The number of pyridine rings is 1. The summed E-state index contributed by atoms with van der Waals surface area (Å²) in [5.74, 6) is 0.134. The van der Waals surface area contributed by atoms with Crippen LogP contribution in [0.5, 0.6) is 0 Å². The molecule has 2 N–H and O–H groups in total. The Morgan fingerprint density at radius 2 is 1.90 bits per heavy atom. The molecule has 2 aliphatic rings. The molecule has 1 unspecified atom stereocenters. The standard InChI is InChI=1S/C22H27BN6O2/c1-23(31)29-11-9-27(10-12-29)20(16-5-3-2-4-6-16)22(30)28-8-7-18-17(15-28)13-24-21-19(18)14-25-26-21/h2-6,13-14,20,31H,7-12,15H2,1H3,(H,24,25,26). The molecule has 0 saturated carbocycles. The number of H-pyrrole nitrogens is 1. The number of nitrogens with one attached hydrogen (secondary N) is 1. The highest BCUT2D eigenvalue weighted by Gasteiger charge is 2.35. The van der Waals surface area contributed by atoms with Crippen LogP contribution in [0.4, 0.5) is 0 Å². The molecule has 3 aromatic rings. The number of hydrogen-bond acceptors (Lipinski definition) is 6. The molecule has 9 heteroatoms. The summed E-state index contributed by atoms with van der Waals surface area (Å²) in [6.45, 7) is 6.05. The van der Waals surface area contributed by atoms with Crippen molar-refractivity contribution in [1.82, 2.24) is 29.8 Å². The van der Waals surface area contributed by atoms with E-state index in [9.17, 15) is 9.82 Å². The normalized spacial score (nSPS) is 18.7. The number of carbonyl (C=O) groups excluding carboxylic acids is 1. The number of benzene rings is 1. The molecule has 1 aromatic carbocycles. The Balaban J connectivity index is 1.40. The van der Waals surface area contributed by atoms with Crippen LogP contribution in [0.2, 0.25) is 6.82 Å². The van der Waals surface area contributed by atoms with Crippen LogP contribution in [-0.4, -0.2) is 80.5 Å². The molecule has 0 spiro atoms. The maximum Gasteiger partial charge on any atom is 0.376 e. The Labute approximate surface area is 182 Å². The van der Waals surface area contributed by atoms with E-state index >= 15 is 0 Å². The van der Waals surface area contributed by atoms with Crippen LogP contribution in [0.25, 0.3) is 11.0 Å². The first kappa shape index (κ1) is 20.2. The summed E-state index contributed by atoms with van der Waals surface area (Å²) >= 11 is 0. The Bertz CT molecular complexity index is 1060. The van der Waals surface area contributed by atoms with Crippen molar-refractivity contribution in [1.29, 1.82) is 0 Å². The van der Waals surface area contributed by atoms with Crippen LogP contribution in [0.3, 0.4) is 0 Å². The van der Waals surface area contributed by atoms with Crippen molar-refractivity contribution in [2.45, 2.75) is 25.8 Å². The molecule has 31 heavy (non-hydrogen) atoms. The minimum Gasteiger partial charge on any atom is -0.437 e. The summed E-state index contributed by atoms with van der Waals surface area (Å²) < 4.78 is 0. The Morgan fingerprint density at radius 1 is 1.13 bits per heavy atom. The molecule has 0 radical (unpaired) electrons. The highest BCUT2D eigenvalue weighted by molar-refractivity contribution is 6.45. The number of aromatic nitrogens is 3. The third-order valence-electron chi connectivity index (χ3n) is 6.58. The Hall–Kier alpha value is -2.75. The Kier molecular flexibility index (Phi) is 5.48. The quantitative estimate of drug-likeness (QED) is 0.622. The molecule has 1 atom stereocenters. The molecule has 0 bridgehead atoms. The minimum atomic E-state index is -0.459. The van der Waals surface area contributed by atoms with Crippen molar-refractivity contribution in [3.8, 4) is 0 Å². The lowest BCUT2D eigenvalue weighted by atomic mass is 9.84. The topological polar surface area (TPSA) is 88.6 Å². The van der Waals surface area contributed by atoms with Crippen LogP contribution < -0.4 is 0 Å². The number of nitrogens with zero attached hydrogens (tertiary/aromatic N) is 5. The van der Waals surface area contributed by atoms with Crippen molar-refractivity contribution in [3.05, 3.63) is 59.4 Å². The van der Waals surface area contributed by atoms with Gasteiger partial charge in [-0.1, -0.05) is 30.3 Å². The lowest BCUT2D eigenvalue weighted by Crippen LogP contribution is -2.54. The van der Waals surface area contributed by atoms with Crippen LogP contribution in [0.15, 0.2) is 42.7 Å². The third-order valence-corrected chi connectivity index (χ3v) is 6.58. The van der Waals surface area contributed by atoms with E-state index in [-0.39, 0.29) is 11.9 Å². The van der Waals surface area contributed by atoms with Gasteiger partial charge >= 0.3 is 7.05 Å². The first-order chi connectivity index (χ1) is 15.1. The van der Waals surface area contributed by atoms with E-state index in [2.05, 4.69) is 20.1 Å². The number of amides is 1. The first-order valence-electron chi connectivity index (χ1n) is 10.9. The fourth-order valence-electron chi connectivity index (χ4n) is 4.83. The van der Waals surface area contributed by atoms with Crippen LogP contribution in [-0.2, 0) is 17.8 Å². The molecule has 0 aliphatic carbocycles. The molecule has 1 amide bonds. The van der Waals surface area contributed by atoms with Crippen molar-refractivity contribution >= 4 is 24.0 Å². The van der Waals surface area contributed by atoms with Gasteiger partial charge in [-0.3, -0.25) is 14.8 Å². The van der Waals surface area contributed by atoms with E-state index in [0.29, 0.717) is 13.1 Å². The summed E-state index contributed by atoms with van der Waals surface area (Å²) in [4.78, 5) is 24.6. The third kappa shape index (κ3) is 3.84. The second-order valence-electron chi connectivity index (χ2n) is 8.42. The van der Waals surface area contributed by atoms with Crippen molar-refractivity contribution in [3.63, 3.8) is 0 Å². The van der Waals surface area contributed by atoms with E-state index in [4.69, 9.17) is 0 Å². The minimum absolute atomic E-state index is 0.134. The summed E-state index contributed by atoms with van der Waals surface area (Å²) in [6.07, 6.45) is 4.50. The zero-order valence-electron chi connectivity index (χ0n) is 17.7. The van der Waals surface area contributed by atoms with E-state index in [0.717, 1.165) is 54.8 Å². The predicted octanol–water partition coefficient (Wildman–Crippen LogP) is 1.31. The monoisotopic (exact) mass is 418 g/mol. The molecule has 160 valence electrons. The molecular formula is C22H27BN6O2. The zero-order chi connectivity index (χ0) is 21.4. The summed E-state index contributed by atoms with van der Waals surface area (Å²) in [5, 5.41) is 18.0. The SMILES string of the molecule is CB(O)N1CCN(C(C(=O)N2CCc3c(cnc4[nH]ncc34)C2)c2ccccc2)CC1. The van der Waals surface area contributed by atoms with Gasteiger partial charge < -0.3 is 14.7 Å². The lowest BCUT2D eigenvalue weighted by Gasteiger charge is -2.41. The highest BCUT2D eigenvalue weighted by atomic mass is 16.2. The number of hydrogen-bond donors (Lipinski definition) is 2. The molecule has 1 fully saturated rings. The van der Waals surface area contributed by atoms with Gasteiger partial charge in [-0.25, -0.2) is 4.98 Å². The van der Waals surface area contributed by atoms with Gasteiger partial charge in [0.2, 0.25) is 5.91 Å². The molecule has 2 aliphatic heterocycles. The van der Waals surface area contributed by atoms with Crippen LogP contribution >= 0.6 is 0 Å². The summed E-state index contributed by atoms with van der Waals surface area (Å²) in [7, 11) is -0.459. The maximum absolute atomic E-state index is 13.8. The number of rotatable bonds is 4. The molecular weight excluding hydrogens is 391 g/mol. The van der Waals surface area contributed by atoms with Crippen molar-refractivity contribution in [2.75, 3.05) is 32.7 Å². The van der Waals surface area contributed by atoms with Crippen LogP contribution in [0, 0.1) is 0 Å². The highest BCUT2D eigenvalue weighted by Crippen LogP contribution is 2.30. The van der Waals surface area contributed by atoms with Gasteiger partial charge in [-0.15, -0.1) is 0 Å². The molecule has 8 nitrogen and oxygen atoms in total. The number of carbonyl (C=O) groups is 1. The number of piperazine rings is 1. The average Bonchev–Trinajstić information content (AvgIpc) is 3.29. The zero-order valence-corrected chi connectivity index (χ0v) is 17.7. The van der Waals surface area contributed by atoms with Crippen molar-refractivity contribution in [2.24, 2.45) is 0 Å². The summed E-state index contributed by atoms with van der Waals surface area (Å²) in [6, 6.07) is 9.73. The van der Waals surface area contributed by atoms with Gasteiger partial charge in [-0.2, -0.15) is 5.10 Å². The lowest BCUT2D eigenvalue weighted by molar-refractivity contribution is -0.139. The molecule has 1 saturated heterocycles. The van der Waals surface area contributed by atoms with Gasteiger partial charge in [0.1, 0.15) is 6.04 Å². The van der Waals surface area contributed by atoms with E-state index < -0.39 is 7.05 Å². The maximum atomic E-state index is 13.8. The predicted molar refractivity (Wildman–Crippen MR) is 119 cm³/mol. The van der Waals surface area contributed by atoms with Gasteiger partial charge in [0, 0.05) is 50.9 Å². The second kappa shape index (κ2) is 8.41. The fraction of sp³-hybridized carbons (Fsp3) is 0.409.